The minimum Gasteiger partial charge on any atom is -0.267 e. The summed E-state index contributed by atoms with van der Waals surface area (Å²) in [5, 5.41) is 0.621. The highest BCUT2D eigenvalue weighted by atomic mass is 32.2. The molecule has 0 bridgehead atoms. The molecule has 1 aliphatic rings. The molecule has 1 unspecified atom stereocenters. The number of sulfone groups is 1. The minimum absolute atomic E-state index is 0.122. The zero-order valence-electron chi connectivity index (χ0n) is 9.16. The average molecular weight is 259 g/mol. The third kappa shape index (κ3) is 2.47. The van der Waals surface area contributed by atoms with Gasteiger partial charge >= 0.3 is 0 Å². The van der Waals surface area contributed by atoms with Crippen molar-refractivity contribution in [3.63, 3.8) is 0 Å². The van der Waals surface area contributed by atoms with Gasteiger partial charge in [0.15, 0.2) is 9.84 Å². The fourth-order valence-corrected chi connectivity index (χ4v) is 3.45. The molecule has 2 rings (SSSR count). The Morgan fingerprint density at radius 3 is 2.53 bits per heavy atom. The average Bonchev–Trinajstić information content (AvgIpc) is 2.33. The Bertz CT molecular complexity index is 480. The Morgan fingerprint density at radius 2 is 1.88 bits per heavy atom. The van der Waals surface area contributed by atoms with Crippen molar-refractivity contribution in [3.05, 3.63) is 30.3 Å². The molecule has 1 aromatic rings. The highest BCUT2D eigenvalue weighted by Crippen LogP contribution is 2.20. The first-order valence-corrected chi connectivity index (χ1v) is 6.77. The summed E-state index contributed by atoms with van der Waals surface area (Å²) >= 11 is 0. The lowest BCUT2D eigenvalue weighted by atomic mass is 10.4. The molecular weight excluding hydrogens is 245 g/mol. The van der Waals surface area contributed by atoms with Crippen molar-refractivity contribution in [2.75, 3.05) is 19.6 Å². The Hall–Kier alpha value is -1.02. The van der Waals surface area contributed by atoms with E-state index in [4.69, 9.17) is 5.84 Å². The lowest BCUT2D eigenvalue weighted by Crippen LogP contribution is -2.57. The zero-order chi connectivity index (χ0) is 12.5. The van der Waals surface area contributed by atoms with Crippen molar-refractivity contribution in [2.45, 2.75) is 10.3 Å². The first-order valence-electron chi connectivity index (χ1n) is 5.23. The molecule has 94 valence electrons. The summed E-state index contributed by atoms with van der Waals surface area (Å²) in [4.78, 5) is 0.163. The second kappa shape index (κ2) is 4.69. The molecule has 0 amide bonds. The molecule has 1 heterocycles. The summed E-state index contributed by atoms with van der Waals surface area (Å²) in [6.07, 6.45) is 0. The molecule has 2 N–H and O–H groups in total. The van der Waals surface area contributed by atoms with Gasteiger partial charge in [0, 0.05) is 13.1 Å². The first-order chi connectivity index (χ1) is 8.01. The van der Waals surface area contributed by atoms with E-state index in [0.29, 0.717) is 5.12 Å². The van der Waals surface area contributed by atoms with Crippen molar-refractivity contribution in [1.82, 2.24) is 10.1 Å². The monoisotopic (exact) mass is 259 g/mol. The van der Waals surface area contributed by atoms with E-state index in [9.17, 15) is 12.9 Å². The molecular formula is C10H14FN3O2S. The molecule has 0 aromatic heterocycles. The van der Waals surface area contributed by atoms with Crippen LogP contribution in [0.2, 0.25) is 0 Å². The van der Waals surface area contributed by atoms with Crippen molar-refractivity contribution in [1.29, 1.82) is 0 Å². The van der Waals surface area contributed by atoms with E-state index in [-0.39, 0.29) is 24.5 Å². The van der Waals surface area contributed by atoms with Gasteiger partial charge < -0.3 is 0 Å². The Balaban J connectivity index is 2.32. The van der Waals surface area contributed by atoms with Crippen LogP contribution in [0, 0.1) is 0 Å². The van der Waals surface area contributed by atoms with E-state index in [1.165, 1.54) is 17.1 Å². The summed E-state index contributed by atoms with van der Waals surface area (Å²) in [7, 11) is -3.62. The van der Waals surface area contributed by atoms with Gasteiger partial charge in [-0.15, -0.1) is 9.60 Å². The number of piperazine rings is 1. The zero-order valence-corrected chi connectivity index (χ0v) is 9.98. The number of nitrogens with two attached hydrogens (primary N) is 1. The number of nitrogens with zero attached hydrogens (tertiary/aromatic N) is 2. The smallest absolute Gasteiger partial charge is 0.197 e. The van der Waals surface area contributed by atoms with E-state index < -0.39 is 15.2 Å². The molecule has 5 nitrogen and oxygen atoms in total. The van der Waals surface area contributed by atoms with Crippen LogP contribution in [-0.4, -0.2) is 43.6 Å². The SMILES string of the molecule is NN1CCN(F)CC1S(=O)(=O)c1ccccc1. The van der Waals surface area contributed by atoms with Crippen LogP contribution in [0.5, 0.6) is 0 Å². The van der Waals surface area contributed by atoms with E-state index in [2.05, 4.69) is 0 Å². The van der Waals surface area contributed by atoms with Gasteiger partial charge in [-0.2, -0.15) is 0 Å². The predicted octanol–water partition coefficient (Wildman–Crippen LogP) is 0.162. The van der Waals surface area contributed by atoms with Crippen LogP contribution in [-0.2, 0) is 9.84 Å². The summed E-state index contributed by atoms with van der Waals surface area (Å²) in [5.74, 6) is 5.63. The second-order valence-corrected chi connectivity index (χ2v) is 6.02. The minimum atomic E-state index is -3.62. The normalized spacial score (nSPS) is 23.8. The molecule has 17 heavy (non-hydrogen) atoms. The largest absolute Gasteiger partial charge is 0.267 e. The second-order valence-electron chi connectivity index (χ2n) is 3.92. The van der Waals surface area contributed by atoms with Crippen LogP contribution in [0.15, 0.2) is 35.2 Å². The van der Waals surface area contributed by atoms with Gasteiger partial charge in [0.1, 0.15) is 5.37 Å². The number of rotatable bonds is 2. The van der Waals surface area contributed by atoms with Crippen LogP contribution in [0.25, 0.3) is 0 Å². The van der Waals surface area contributed by atoms with Gasteiger partial charge in [0.2, 0.25) is 0 Å². The molecule has 0 saturated carbocycles. The quantitative estimate of drug-likeness (QED) is 0.605. The van der Waals surface area contributed by atoms with Gasteiger partial charge in [-0.1, -0.05) is 18.2 Å². The lowest BCUT2D eigenvalue weighted by molar-refractivity contribution is -0.0316. The van der Waals surface area contributed by atoms with E-state index in [0.717, 1.165) is 0 Å². The third-order valence-electron chi connectivity index (χ3n) is 2.75. The van der Waals surface area contributed by atoms with Crippen LogP contribution >= 0.6 is 0 Å². The maximum atomic E-state index is 13.1. The summed E-state index contributed by atoms with van der Waals surface area (Å²) in [5.41, 5.74) is 0. The number of halogens is 1. The van der Waals surface area contributed by atoms with Crippen LogP contribution in [0.4, 0.5) is 4.48 Å². The molecule has 1 aromatic carbocycles. The van der Waals surface area contributed by atoms with Gasteiger partial charge in [0.25, 0.3) is 0 Å². The number of benzene rings is 1. The van der Waals surface area contributed by atoms with Gasteiger partial charge in [-0.05, 0) is 12.1 Å². The van der Waals surface area contributed by atoms with E-state index >= 15 is 0 Å². The van der Waals surface area contributed by atoms with Crippen LogP contribution < -0.4 is 5.84 Å². The number of hydrogen-bond donors (Lipinski definition) is 1. The van der Waals surface area contributed by atoms with Crippen molar-refractivity contribution < 1.29 is 12.9 Å². The van der Waals surface area contributed by atoms with Crippen LogP contribution in [0.1, 0.15) is 0 Å². The lowest BCUT2D eigenvalue weighted by Gasteiger charge is -2.33. The van der Waals surface area contributed by atoms with Crippen molar-refractivity contribution in [2.24, 2.45) is 5.84 Å². The maximum absolute atomic E-state index is 13.1. The molecule has 0 radical (unpaired) electrons. The predicted molar refractivity (Wildman–Crippen MR) is 61.0 cm³/mol. The Labute approximate surface area is 99.4 Å². The number of hydrogen-bond acceptors (Lipinski definition) is 5. The summed E-state index contributed by atoms with van der Waals surface area (Å²) in [6.45, 7) is 0.0816. The summed E-state index contributed by atoms with van der Waals surface area (Å²) < 4.78 is 37.6. The Kier molecular flexibility index (Phi) is 3.43. The van der Waals surface area contributed by atoms with E-state index in [1.807, 2.05) is 0 Å². The number of hydrazine groups is 1. The topological polar surface area (TPSA) is 66.6 Å². The summed E-state index contributed by atoms with van der Waals surface area (Å²) in [6, 6.07) is 7.95. The van der Waals surface area contributed by atoms with Gasteiger partial charge in [0.05, 0.1) is 11.4 Å². The molecule has 1 aliphatic heterocycles. The Morgan fingerprint density at radius 1 is 1.24 bits per heavy atom. The molecule has 7 heteroatoms. The first kappa shape index (κ1) is 12.4. The fraction of sp³-hybridized carbons (Fsp3) is 0.400. The molecule has 1 fully saturated rings. The van der Waals surface area contributed by atoms with E-state index in [1.54, 1.807) is 18.2 Å². The standard InChI is InChI=1S/C10H14FN3O2S/c11-13-6-7-14(12)10(8-13)17(15,16)9-4-2-1-3-5-9/h1-5,10H,6-8,12H2. The highest BCUT2D eigenvalue weighted by Gasteiger charge is 2.36. The highest BCUT2D eigenvalue weighted by molar-refractivity contribution is 7.92. The fourth-order valence-electron chi connectivity index (χ4n) is 1.78. The third-order valence-corrected chi connectivity index (χ3v) is 4.82. The molecule has 1 atom stereocenters. The molecule has 1 saturated heterocycles. The maximum Gasteiger partial charge on any atom is 0.197 e. The van der Waals surface area contributed by atoms with Crippen LogP contribution in [0.3, 0.4) is 0 Å². The van der Waals surface area contributed by atoms with Crippen molar-refractivity contribution in [3.8, 4) is 0 Å². The molecule has 0 spiro atoms. The van der Waals surface area contributed by atoms with Gasteiger partial charge in [-0.3, -0.25) is 5.84 Å². The molecule has 0 aliphatic carbocycles. The van der Waals surface area contributed by atoms with Gasteiger partial charge in [-0.25, -0.2) is 13.4 Å². The van der Waals surface area contributed by atoms with Crippen molar-refractivity contribution >= 4 is 9.84 Å².